The van der Waals surface area contributed by atoms with Crippen LogP contribution in [0.25, 0.3) is 0 Å². The van der Waals surface area contributed by atoms with Gasteiger partial charge in [-0.05, 0) is 38.0 Å². The van der Waals surface area contributed by atoms with Crippen LogP contribution in [0.5, 0.6) is 0 Å². The fourth-order valence-electron chi connectivity index (χ4n) is 3.99. The van der Waals surface area contributed by atoms with Crippen LogP contribution in [-0.4, -0.2) is 33.0 Å². The number of rotatable bonds is 4. The van der Waals surface area contributed by atoms with Crippen molar-refractivity contribution >= 4 is 17.3 Å². The molecule has 3 atom stereocenters. The average molecular weight is 308 g/mol. The van der Waals surface area contributed by atoms with Crippen LogP contribution in [0.3, 0.4) is 0 Å². The molecule has 3 rings (SSSR count). The Bertz CT molecular complexity index is 502. The Hall–Kier alpha value is -0.940. The molecule has 4 nitrogen and oxygen atoms in total. The van der Waals surface area contributed by atoms with E-state index in [0.29, 0.717) is 18.5 Å². The van der Waals surface area contributed by atoms with Crippen LogP contribution in [0.1, 0.15) is 56.2 Å². The van der Waals surface area contributed by atoms with Crippen LogP contribution < -0.4 is 0 Å². The predicted molar refractivity (Wildman–Crippen MR) is 83.4 cm³/mol. The number of hydrogen-bond acceptors (Lipinski definition) is 4. The van der Waals surface area contributed by atoms with E-state index in [1.165, 1.54) is 19.3 Å². The van der Waals surface area contributed by atoms with E-state index >= 15 is 0 Å². The Kier molecular flexibility index (Phi) is 4.60. The number of piperidine rings is 1. The monoisotopic (exact) mass is 308 g/mol. The minimum absolute atomic E-state index is 0.323. The van der Waals surface area contributed by atoms with Crippen molar-refractivity contribution in [2.24, 2.45) is 5.92 Å². The van der Waals surface area contributed by atoms with E-state index in [1.807, 2.05) is 0 Å². The van der Waals surface area contributed by atoms with Crippen molar-refractivity contribution in [1.82, 2.24) is 9.88 Å². The van der Waals surface area contributed by atoms with Crippen LogP contribution in [-0.2, 0) is 17.8 Å². The van der Waals surface area contributed by atoms with Crippen LogP contribution in [0.2, 0.25) is 0 Å². The first-order valence-corrected chi connectivity index (χ1v) is 8.98. The molecule has 5 heteroatoms. The maximum atomic E-state index is 11.6. The van der Waals surface area contributed by atoms with Crippen molar-refractivity contribution in [3.05, 3.63) is 16.1 Å². The highest BCUT2D eigenvalue weighted by Gasteiger charge is 2.41. The first-order valence-electron chi connectivity index (χ1n) is 8.11. The summed E-state index contributed by atoms with van der Waals surface area (Å²) in [7, 11) is 0. The van der Waals surface area contributed by atoms with Gasteiger partial charge < -0.3 is 5.11 Å². The molecule has 2 aliphatic rings. The lowest BCUT2D eigenvalue weighted by atomic mass is 9.76. The number of aliphatic carboxylic acids is 1. The van der Waals surface area contributed by atoms with Gasteiger partial charge in [-0.3, -0.25) is 9.69 Å². The summed E-state index contributed by atoms with van der Waals surface area (Å²) in [6.07, 6.45) is 7.80. The van der Waals surface area contributed by atoms with Gasteiger partial charge >= 0.3 is 5.97 Å². The van der Waals surface area contributed by atoms with Gasteiger partial charge in [0.05, 0.1) is 10.7 Å². The first kappa shape index (κ1) is 15.0. The molecule has 0 bridgehead atoms. The molecule has 1 aliphatic heterocycles. The number of aryl methyl sites for hydroxylation is 1. The number of thiazole rings is 1. The van der Waals surface area contributed by atoms with E-state index in [4.69, 9.17) is 0 Å². The van der Waals surface area contributed by atoms with Crippen molar-refractivity contribution in [3.8, 4) is 0 Å². The number of hydrogen-bond donors (Lipinski definition) is 1. The van der Waals surface area contributed by atoms with E-state index in [9.17, 15) is 9.90 Å². The summed E-state index contributed by atoms with van der Waals surface area (Å²) < 4.78 is 0. The second-order valence-corrected chi connectivity index (χ2v) is 7.24. The van der Waals surface area contributed by atoms with Crippen molar-refractivity contribution in [1.29, 1.82) is 0 Å². The second-order valence-electron chi connectivity index (χ2n) is 6.30. The number of aromatic nitrogens is 1. The Balaban J connectivity index is 1.80. The second kappa shape index (κ2) is 6.44. The molecule has 0 spiro atoms. The number of likely N-dealkylation sites (tertiary alicyclic amines) is 1. The highest BCUT2D eigenvalue weighted by molar-refractivity contribution is 7.09. The highest BCUT2D eigenvalue weighted by atomic mass is 32.1. The fraction of sp³-hybridized carbons (Fsp3) is 0.750. The molecule has 1 N–H and O–H groups in total. The van der Waals surface area contributed by atoms with Gasteiger partial charge in [0.1, 0.15) is 6.04 Å². The number of carboxylic acids is 1. The lowest BCUT2D eigenvalue weighted by molar-refractivity contribution is -0.148. The summed E-state index contributed by atoms with van der Waals surface area (Å²) in [5.74, 6) is 0.0311. The quantitative estimate of drug-likeness (QED) is 0.927. The normalized spacial score (nSPS) is 30.0. The van der Waals surface area contributed by atoms with Gasteiger partial charge in [-0.1, -0.05) is 19.8 Å². The molecule has 3 unspecified atom stereocenters. The van der Waals surface area contributed by atoms with Crippen molar-refractivity contribution in [3.63, 3.8) is 0 Å². The predicted octanol–water partition coefficient (Wildman–Crippen LogP) is 3.31. The van der Waals surface area contributed by atoms with Crippen molar-refractivity contribution < 1.29 is 9.90 Å². The number of carbonyl (C=O) groups is 1. The van der Waals surface area contributed by atoms with E-state index in [2.05, 4.69) is 22.2 Å². The lowest BCUT2D eigenvalue weighted by Crippen LogP contribution is -2.54. The maximum Gasteiger partial charge on any atom is 0.320 e. The molecule has 116 valence electrons. The summed E-state index contributed by atoms with van der Waals surface area (Å²) in [6.45, 7) is 2.81. The SMILES string of the molecule is CCc1nc(CN2C(C(=O)O)CCC3CCCCC32)cs1. The summed E-state index contributed by atoms with van der Waals surface area (Å²) in [5.41, 5.74) is 1.05. The Labute approximate surface area is 130 Å². The van der Waals surface area contributed by atoms with Gasteiger partial charge in [-0.25, -0.2) is 4.98 Å². The van der Waals surface area contributed by atoms with Gasteiger partial charge in [-0.2, -0.15) is 0 Å². The summed E-state index contributed by atoms with van der Waals surface area (Å²) in [5, 5.41) is 12.8. The highest BCUT2D eigenvalue weighted by Crippen LogP contribution is 2.38. The van der Waals surface area contributed by atoms with Gasteiger partial charge in [0.25, 0.3) is 0 Å². The molecule has 1 aliphatic carbocycles. The summed E-state index contributed by atoms with van der Waals surface area (Å²) in [6, 6.07) is 0.122. The van der Waals surface area contributed by atoms with Crippen molar-refractivity contribution in [2.75, 3.05) is 0 Å². The third-order valence-corrected chi connectivity index (χ3v) is 6.08. The molecule has 2 heterocycles. The molecule has 0 amide bonds. The zero-order valence-electron chi connectivity index (χ0n) is 12.6. The number of nitrogens with zero attached hydrogens (tertiary/aromatic N) is 2. The molecule has 1 saturated heterocycles. The number of carboxylic acid groups (broad SMARTS) is 1. The van der Waals surface area contributed by atoms with Crippen molar-refractivity contribution in [2.45, 2.75) is 70.5 Å². The largest absolute Gasteiger partial charge is 0.480 e. The molecule has 0 aromatic carbocycles. The number of fused-ring (bicyclic) bond motifs is 1. The fourth-order valence-corrected chi connectivity index (χ4v) is 4.73. The topological polar surface area (TPSA) is 53.4 Å². The molecule has 2 fully saturated rings. The van der Waals surface area contributed by atoms with Gasteiger partial charge in [-0.15, -0.1) is 11.3 Å². The minimum Gasteiger partial charge on any atom is -0.480 e. The van der Waals surface area contributed by atoms with E-state index in [1.54, 1.807) is 11.3 Å². The van der Waals surface area contributed by atoms with Crippen LogP contribution in [0.4, 0.5) is 0 Å². The molecule has 1 aromatic heterocycles. The zero-order chi connectivity index (χ0) is 14.8. The molecule has 0 radical (unpaired) electrons. The lowest BCUT2D eigenvalue weighted by Gasteiger charge is -2.47. The molecular weight excluding hydrogens is 284 g/mol. The first-order chi connectivity index (χ1) is 10.2. The summed E-state index contributed by atoms with van der Waals surface area (Å²) >= 11 is 1.69. The van der Waals surface area contributed by atoms with Crippen LogP contribution in [0, 0.1) is 5.92 Å². The Morgan fingerprint density at radius 2 is 2.19 bits per heavy atom. The van der Waals surface area contributed by atoms with E-state index < -0.39 is 5.97 Å². The molecular formula is C16H24N2O2S. The Morgan fingerprint density at radius 3 is 2.90 bits per heavy atom. The maximum absolute atomic E-state index is 11.6. The van der Waals surface area contributed by atoms with E-state index in [-0.39, 0.29) is 6.04 Å². The van der Waals surface area contributed by atoms with Gasteiger partial charge in [0, 0.05) is 18.0 Å². The average Bonchev–Trinajstić information content (AvgIpc) is 2.95. The Morgan fingerprint density at radius 1 is 1.38 bits per heavy atom. The standard InChI is InChI=1S/C16H24N2O2S/c1-2-15-17-12(10-21-15)9-18-13-6-4-3-5-11(13)7-8-14(18)16(19)20/h10-11,13-14H,2-9H2,1H3,(H,19,20). The van der Waals surface area contributed by atoms with Crippen LogP contribution in [0.15, 0.2) is 5.38 Å². The summed E-state index contributed by atoms with van der Waals surface area (Å²) in [4.78, 5) is 18.5. The molecule has 21 heavy (non-hydrogen) atoms. The smallest absolute Gasteiger partial charge is 0.320 e. The van der Waals surface area contributed by atoms with E-state index in [0.717, 1.165) is 36.4 Å². The van der Waals surface area contributed by atoms with Crippen LogP contribution >= 0.6 is 11.3 Å². The van der Waals surface area contributed by atoms with Gasteiger partial charge in [0.15, 0.2) is 0 Å². The third kappa shape index (κ3) is 3.14. The molecule has 1 aromatic rings. The zero-order valence-corrected chi connectivity index (χ0v) is 13.4. The third-order valence-electron chi connectivity index (χ3n) is 5.04. The minimum atomic E-state index is -0.662. The van der Waals surface area contributed by atoms with Gasteiger partial charge in [0.2, 0.25) is 0 Å². The molecule has 1 saturated carbocycles.